The summed E-state index contributed by atoms with van der Waals surface area (Å²) in [7, 11) is 0. The minimum Gasteiger partial charge on any atom is -0.466 e. The van der Waals surface area contributed by atoms with Crippen LogP contribution in [0.15, 0.2) is 24.4 Å². The standard InChI is InChI=1S/C16H22N2O3/c1-2-21-16(20)13-8-11-18(12-9-13)15(19)7-6-14-5-3-4-10-17-14/h3-5,10,13H,2,6-9,11-12H2,1H3. The fourth-order valence-electron chi connectivity index (χ4n) is 2.56. The molecule has 5 nitrogen and oxygen atoms in total. The molecule has 1 amide bonds. The van der Waals surface area contributed by atoms with Gasteiger partial charge >= 0.3 is 5.97 Å². The Morgan fingerprint density at radius 2 is 2.10 bits per heavy atom. The molecular formula is C16H22N2O3. The van der Waals surface area contributed by atoms with Gasteiger partial charge < -0.3 is 9.64 Å². The minimum absolute atomic E-state index is 0.0511. The molecule has 1 saturated heterocycles. The molecule has 0 saturated carbocycles. The Balaban J connectivity index is 1.74. The van der Waals surface area contributed by atoms with E-state index in [4.69, 9.17) is 4.74 Å². The fourth-order valence-corrected chi connectivity index (χ4v) is 2.56. The van der Waals surface area contributed by atoms with Crippen LogP contribution in [-0.4, -0.2) is 41.5 Å². The summed E-state index contributed by atoms with van der Waals surface area (Å²) in [5.41, 5.74) is 0.937. The molecule has 2 heterocycles. The largest absolute Gasteiger partial charge is 0.466 e. The van der Waals surface area contributed by atoms with Gasteiger partial charge in [0.15, 0.2) is 0 Å². The lowest BCUT2D eigenvalue weighted by atomic mass is 9.96. The topological polar surface area (TPSA) is 59.5 Å². The Hall–Kier alpha value is -1.91. The number of aromatic nitrogens is 1. The van der Waals surface area contributed by atoms with Gasteiger partial charge in [0.1, 0.15) is 0 Å². The maximum atomic E-state index is 12.2. The Morgan fingerprint density at radius 3 is 2.71 bits per heavy atom. The first-order valence-electron chi connectivity index (χ1n) is 7.55. The first-order valence-corrected chi connectivity index (χ1v) is 7.55. The van der Waals surface area contributed by atoms with Crippen molar-refractivity contribution in [3.05, 3.63) is 30.1 Å². The second-order valence-corrected chi connectivity index (χ2v) is 5.23. The van der Waals surface area contributed by atoms with E-state index in [0.29, 0.717) is 45.4 Å². The van der Waals surface area contributed by atoms with E-state index in [9.17, 15) is 9.59 Å². The highest BCUT2D eigenvalue weighted by molar-refractivity contribution is 5.77. The number of amides is 1. The minimum atomic E-state index is -0.127. The summed E-state index contributed by atoms with van der Waals surface area (Å²) in [5.74, 6) is -0.0363. The van der Waals surface area contributed by atoms with E-state index in [2.05, 4.69) is 4.98 Å². The summed E-state index contributed by atoms with van der Waals surface area (Å²) < 4.78 is 5.03. The fraction of sp³-hybridized carbons (Fsp3) is 0.562. The van der Waals surface area contributed by atoms with Crippen molar-refractivity contribution < 1.29 is 14.3 Å². The number of likely N-dealkylation sites (tertiary alicyclic amines) is 1. The van der Waals surface area contributed by atoms with Crippen LogP contribution >= 0.6 is 0 Å². The predicted octanol–water partition coefficient (Wildman–Crippen LogP) is 1.82. The maximum Gasteiger partial charge on any atom is 0.309 e. The predicted molar refractivity (Wildman–Crippen MR) is 78.5 cm³/mol. The molecule has 2 rings (SSSR count). The summed E-state index contributed by atoms with van der Waals surface area (Å²) in [6.45, 7) is 3.52. The normalized spacial score (nSPS) is 15.8. The van der Waals surface area contributed by atoms with E-state index < -0.39 is 0 Å². The summed E-state index contributed by atoms with van der Waals surface area (Å²) in [4.78, 5) is 29.9. The second kappa shape index (κ2) is 7.76. The van der Waals surface area contributed by atoms with Gasteiger partial charge in [-0.05, 0) is 38.3 Å². The van der Waals surface area contributed by atoms with Crippen LogP contribution in [-0.2, 0) is 20.7 Å². The molecule has 1 aliphatic heterocycles. The first kappa shape index (κ1) is 15.5. The molecule has 1 aromatic heterocycles. The zero-order valence-corrected chi connectivity index (χ0v) is 12.5. The molecule has 1 aliphatic rings. The Kier molecular flexibility index (Phi) is 5.72. The number of rotatable bonds is 5. The van der Waals surface area contributed by atoms with Gasteiger partial charge in [0.2, 0.25) is 5.91 Å². The van der Waals surface area contributed by atoms with Gasteiger partial charge in [-0.25, -0.2) is 0 Å². The number of aryl methyl sites for hydroxylation is 1. The number of carbonyl (C=O) groups is 2. The van der Waals surface area contributed by atoms with E-state index in [0.717, 1.165) is 5.69 Å². The third-order valence-corrected chi connectivity index (χ3v) is 3.79. The van der Waals surface area contributed by atoms with Gasteiger partial charge in [-0.2, -0.15) is 0 Å². The van der Waals surface area contributed by atoms with E-state index in [1.165, 1.54) is 0 Å². The van der Waals surface area contributed by atoms with Crippen molar-refractivity contribution in [1.82, 2.24) is 9.88 Å². The molecule has 0 aliphatic carbocycles. The van der Waals surface area contributed by atoms with Crippen molar-refractivity contribution in [2.24, 2.45) is 5.92 Å². The zero-order chi connectivity index (χ0) is 15.1. The molecule has 1 aromatic rings. The molecule has 0 aromatic carbocycles. The quantitative estimate of drug-likeness (QED) is 0.776. The molecule has 0 unspecified atom stereocenters. The van der Waals surface area contributed by atoms with Gasteiger partial charge in [-0.3, -0.25) is 14.6 Å². The van der Waals surface area contributed by atoms with Crippen molar-refractivity contribution in [3.8, 4) is 0 Å². The van der Waals surface area contributed by atoms with E-state index in [1.54, 1.807) is 6.20 Å². The number of pyridine rings is 1. The molecule has 0 atom stereocenters. The average Bonchev–Trinajstić information content (AvgIpc) is 2.54. The highest BCUT2D eigenvalue weighted by Crippen LogP contribution is 2.19. The Bertz CT molecular complexity index is 468. The highest BCUT2D eigenvalue weighted by atomic mass is 16.5. The molecule has 0 N–H and O–H groups in total. The SMILES string of the molecule is CCOC(=O)C1CCN(C(=O)CCc2ccccn2)CC1. The van der Waals surface area contributed by atoms with Crippen LogP contribution in [0.1, 0.15) is 31.9 Å². The van der Waals surface area contributed by atoms with Crippen LogP contribution in [0.2, 0.25) is 0 Å². The molecular weight excluding hydrogens is 268 g/mol. The van der Waals surface area contributed by atoms with Crippen LogP contribution in [0, 0.1) is 5.92 Å². The second-order valence-electron chi connectivity index (χ2n) is 5.23. The van der Waals surface area contributed by atoms with Crippen molar-refractivity contribution in [2.45, 2.75) is 32.6 Å². The molecule has 0 radical (unpaired) electrons. The number of nitrogens with zero attached hydrogens (tertiary/aromatic N) is 2. The lowest BCUT2D eigenvalue weighted by Gasteiger charge is -2.31. The van der Waals surface area contributed by atoms with Crippen molar-refractivity contribution in [3.63, 3.8) is 0 Å². The average molecular weight is 290 g/mol. The highest BCUT2D eigenvalue weighted by Gasteiger charge is 2.27. The molecule has 0 bridgehead atoms. The van der Waals surface area contributed by atoms with Gasteiger partial charge in [0, 0.05) is 31.4 Å². The first-order chi connectivity index (χ1) is 10.2. The lowest BCUT2D eigenvalue weighted by Crippen LogP contribution is -2.40. The van der Waals surface area contributed by atoms with E-state index in [-0.39, 0.29) is 17.8 Å². The number of carbonyl (C=O) groups excluding carboxylic acids is 2. The van der Waals surface area contributed by atoms with Gasteiger partial charge in [0.25, 0.3) is 0 Å². The number of piperidine rings is 1. The van der Waals surface area contributed by atoms with E-state index in [1.807, 2.05) is 30.0 Å². The van der Waals surface area contributed by atoms with E-state index >= 15 is 0 Å². The summed E-state index contributed by atoms with van der Waals surface area (Å²) in [6, 6.07) is 5.73. The maximum absolute atomic E-state index is 12.2. The zero-order valence-electron chi connectivity index (χ0n) is 12.5. The monoisotopic (exact) mass is 290 g/mol. The van der Waals surface area contributed by atoms with Gasteiger partial charge in [-0.15, -0.1) is 0 Å². The van der Waals surface area contributed by atoms with Crippen LogP contribution in [0.4, 0.5) is 0 Å². The van der Waals surface area contributed by atoms with Gasteiger partial charge in [-0.1, -0.05) is 6.07 Å². The van der Waals surface area contributed by atoms with Crippen LogP contribution in [0.5, 0.6) is 0 Å². The molecule has 0 spiro atoms. The summed E-state index contributed by atoms with van der Waals surface area (Å²) >= 11 is 0. The molecule has 114 valence electrons. The molecule has 21 heavy (non-hydrogen) atoms. The summed E-state index contributed by atoms with van der Waals surface area (Å²) in [5, 5.41) is 0. The third kappa shape index (κ3) is 4.55. The lowest BCUT2D eigenvalue weighted by molar-refractivity contribution is -0.151. The molecule has 5 heteroatoms. The van der Waals surface area contributed by atoms with Crippen LogP contribution in [0.25, 0.3) is 0 Å². The number of hydrogen-bond donors (Lipinski definition) is 0. The van der Waals surface area contributed by atoms with Crippen LogP contribution < -0.4 is 0 Å². The number of esters is 1. The molecule has 1 fully saturated rings. The Labute approximate surface area is 125 Å². The summed E-state index contributed by atoms with van der Waals surface area (Å²) in [6.07, 6.45) is 4.28. The smallest absolute Gasteiger partial charge is 0.309 e. The van der Waals surface area contributed by atoms with Crippen LogP contribution in [0.3, 0.4) is 0 Å². The number of hydrogen-bond acceptors (Lipinski definition) is 4. The van der Waals surface area contributed by atoms with Gasteiger partial charge in [0.05, 0.1) is 12.5 Å². The number of ether oxygens (including phenoxy) is 1. The van der Waals surface area contributed by atoms with Crippen molar-refractivity contribution in [2.75, 3.05) is 19.7 Å². The third-order valence-electron chi connectivity index (χ3n) is 3.79. The Morgan fingerprint density at radius 1 is 1.33 bits per heavy atom. The van der Waals surface area contributed by atoms with Crippen molar-refractivity contribution in [1.29, 1.82) is 0 Å². The van der Waals surface area contributed by atoms with Crippen molar-refractivity contribution >= 4 is 11.9 Å².